The zero-order valence-corrected chi connectivity index (χ0v) is 18.8. The Balaban J connectivity index is 0. The van der Waals surface area contributed by atoms with Crippen LogP contribution in [-0.2, 0) is 4.74 Å². The molecule has 0 aliphatic heterocycles. The van der Waals surface area contributed by atoms with Gasteiger partial charge in [-0.05, 0) is 37.5 Å². The van der Waals surface area contributed by atoms with Crippen LogP contribution in [0.4, 0.5) is 0 Å². The van der Waals surface area contributed by atoms with E-state index in [-0.39, 0.29) is 13.2 Å². The van der Waals surface area contributed by atoms with Gasteiger partial charge in [-0.15, -0.1) is 0 Å². The fraction of sp³-hybridized carbons (Fsp3) is 1.00. The van der Waals surface area contributed by atoms with Crippen molar-refractivity contribution in [3.63, 3.8) is 0 Å². The van der Waals surface area contributed by atoms with Crippen molar-refractivity contribution in [3.05, 3.63) is 0 Å². The topological polar surface area (TPSA) is 69.9 Å². The molecule has 0 radical (unpaired) electrons. The van der Waals surface area contributed by atoms with E-state index in [0.29, 0.717) is 0 Å². The number of ether oxygens (including phenoxy) is 1. The lowest BCUT2D eigenvalue weighted by atomic mass is 9.96. The average molecular weight is 391 g/mol. The zero-order valence-electron chi connectivity index (χ0n) is 18.8. The van der Waals surface area contributed by atoms with Gasteiger partial charge in [0.1, 0.15) is 6.10 Å². The summed E-state index contributed by atoms with van der Waals surface area (Å²) < 4.78 is 6.12. The lowest BCUT2D eigenvalue weighted by Crippen LogP contribution is -2.15. The first-order valence-electron chi connectivity index (χ1n) is 11.6. The van der Waals surface area contributed by atoms with Gasteiger partial charge in [0.2, 0.25) is 0 Å². The quantitative estimate of drug-likeness (QED) is 0.277. The Morgan fingerprint density at radius 1 is 0.593 bits per heavy atom. The zero-order chi connectivity index (χ0) is 20.8. The molecule has 0 aromatic rings. The third-order valence-corrected chi connectivity index (χ3v) is 4.95. The maximum Gasteiger partial charge on any atom is 0.100 e. The number of hydrogen-bond donors (Lipinski definition) is 3. The Bertz CT molecular complexity index is 237. The van der Waals surface area contributed by atoms with Crippen molar-refractivity contribution >= 4 is 0 Å². The summed E-state index contributed by atoms with van der Waals surface area (Å²) in [6, 6.07) is 0. The van der Waals surface area contributed by atoms with Crippen LogP contribution >= 0.6 is 0 Å². The molecule has 0 saturated carbocycles. The van der Waals surface area contributed by atoms with Gasteiger partial charge in [0.25, 0.3) is 0 Å². The van der Waals surface area contributed by atoms with Crippen molar-refractivity contribution in [1.29, 1.82) is 0 Å². The van der Waals surface area contributed by atoms with Crippen molar-refractivity contribution in [3.8, 4) is 0 Å². The molecule has 4 heteroatoms. The van der Waals surface area contributed by atoms with Gasteiger partial charge >= 0.3 is 0 Å². The van der Waals surface area contributed by atoms with Gasteiger partial charge in [-0.1, -0.05) is 79.1 Å². The van der Waals surface area contributed by atoms with Crippen LogP contribution in [0.1, 0.15) is 105 Å². The Kier molecular flexibility index (Phi) is 25.7. The lowest BCUT2D eigenvalue weighted by molar-refractivity contribution is 0.0450. The van der Waals surface area contributed by atoms with E-state index < -0.39 is 6.10 Å². The molecule has 0 aliphatic carbocycles. The molecule has 166 valence electrons. The highest BCUT2D eigenvalue weighted by Crippen LogP contribution is 2.19. The van der Waals surface area contributed by atoms with Crippen molar-refractivity contribution in [2.24, 2.45) is 11.8 Å². The van der Waals surface area contributed by atoms with Gasteiger partial charge in [-0.2, -0.15) is 0 Å². The minimum absolute atomic E-state index is 0.365. The molecule has 0 rings (SSSR count). The van der Waals surface area contributed by atoms with Crippen LogP contribution in [0.25, 0.3) is 0 Å². The lowest BCUT2D eigenvalue weighted by Gasteiger charge is -2.20. The summed E-state index contributed by atoms with van der Waals surface area (Å²) in [5, 5.41) is 24.0. The summed E-state index contributed by atoms with van der Waals surface area (Å²) in [5.41, 5.74) is 0. The molecule has 0 bridgehead atoms. The SMILES string of the molecule is CCCCCC(CCC)COCC(CCC)CCCCC.OCC(O)CO. The molecule has 2 atom stereocenters. The number of aliphatic hydroxyl groups excluding tert-OH is 3. The van der Waals surface area contributed by atoms with E-state index in [0.717, 1.165) is 25.0 Å². The highest BCUT2D eigenvalue weighted by Gasteiger charge is 2.11. The van der Waals surface area contributed by atoms with Gasteiger partial charge in [0, 0.05) is 13.2 Å². The number of rotatable bonds is 18. The predicted octanol–water partition coefficient (Wildman–Crippen LogP) is 5.33. The fourth-order valence-electron chi connectivity index (χ4n) is 3.26. The summed E-state index contributed by atoms with van der Waals surface area (Å²) in [6.45, 7) is 10.5. The Morgan fingerprint density at radius 2 is 1.00 bits per heavy atom. The van der Waals surface area contributed by atoms with E-state index in [4.69, 9.17) is 20.1 Å². The smallest absolute Gasteiger partial charge is 0.100 e. The minimum Gasteiger partial charge on any atom is -0.394 e. The third-order valence-electron chi connectivity index (χ3n) is 4.95. The highest BCUT2D eigenvalue weighted by atomic mass is 16.5. The molecule has 0 amide bonds. The van der Waals surface area contributed by atoms with Crippen LogP contribution in [0.15, 0.2) is 0 Å². The van der Waals surface area contributed by atoms with Crippen molar-refractivity contribution < 1.29 is 20.1 Å². The van der Waals surface area contributed by atoms with Crippen LogP contribution < -0.4 is 0 Å². The number of hydrogen-bond acceptors (Lipinski definition) is 4. The average Bonchev–Trinajstić information content (AvgIpc) is 2.68. The molecule has 0 aliphatic rings. The van der Waals surface area contributed by atoms with Crippen LogP contribution in [0.5, 0.6) is 0 Å². The normalized spacial score (nSPS) is 13.3. The highest BCUT2D eigenvalue weighted by molar-refractivity contribution is 4.62. The van der Waals surface area contributed by atoms with E-state index in [9.17, 15) is 0 Å². The Hall–Kier alpha value is -0.160. The minimum atomic E-state index is -0.954. The van der Waals surface area contributed by atoms with Crippen LogP contribution in [0.2, 0.25) is 0 Å². The van der Waals surface area contributed by atoms with Gasteiger partial charge in [-0.25, -0.2) is 0 Å². The first-order chi connectivity index (χ1) is 13.1. The summed E-state index contributed by atoms with van der Waals surface area (Å²) in [5.74, 6) is 1.61. The molecule has 0 saturated heterocycles. The van der Waals surface area contributed by atoms with E-state index in [2.05, 4.69) is 27.7 Å². The first kappa shape index (κ1) is 29.0. The van der Waals surface area contributed by atoms with Crippen molar-refractivity contribution in [2.45, 2.75) is 111 Å². The van der Waals surface area contributed by atoms with Gasteiger partial charge in [0.15, 0.2) is 0 Å². The van der Waals surface area contributed by atoms with Gasteiger partial charge < -0.3 is 20.1 Å². The van der Waals surface area contributed by atoms with Crippen molar-refractivity contribution in [2.75, 3.05) is 26.4 Å². The van der Waals surface area contributed by atoms with Crippen LogP contribution in [0.3, 0.4) is 0 Å². The predicted molar refractivity (Wildman–Crippen MR) is 116 cm³/mol. The van der Waals surface area contributed by atoms with E-state index >= 15 is 0 Å². The van der Waals surface area contributed by atoms with Crippen LogP contribution in [-0.4, -0.2) is 47.9 Å². The summed E-state index contributed by atoms with van der Waals surface area (Å²) >= 11 is 0. The maximum atomic E-state index is 8.17. The second-order valence-electron chi connectivity index (χ2n) is 7.86. The maximum absolute atomic E-state index is 8.17. The molecule has 3 N–H and O–H groups in total. The third kappa shape index (κ3) is 22.0. The largest absolute Gasteiger partial charge is 0.394 e. The van der Waals surface area contributed by atoms with Crippen molar-refractivity contribution in [1.82, 2.24) is 0 Å². The summed E-state index contributed by atoms with van der Waals surface area (Å²) in [6.07, 6.45) is 15.3. The molecule has 0 spiro atoms. The molecule has 0 aromatic carbocycles. The molecular formula is C23H50O4. The fourth-order valence-corrected chi connectivity index (χ4v) is 3.26. The molecule has 0 heterocycles. The van der Waals surface area contributed by atoms with E-state index in [1.807, 2.05) is 0 Å². The molecule has 0 aromatic heterocycles. The Labute approximate surface area is 169 Å². The second kappa shape index (κ2) is 23.9. The standard InChI is InChI=1S/C20H42O.C3H8O3/c1-5-9-11-15-19(13-7-3)17-21-18-20(14-8-4)16-12-10-6-2;4-1-3(6)2-5/h19-20H,5-18H2,1-4H3;3-6H,1-2H2. The van der Waals surface area contributed by atoms with E-state index in [1.54, 1.807) is 0 Å². The summed E-state index contributed by atoms with van der Waals surface area (Å²) in [7, 11) is 0. The van der Waals surface area contributed by atoms with Gasteiger partial charge in [0.05, 0.1) is 13.2 Å². The molecule has 4 nitrogen and oxygen atoms in total. The monoisotopic (exact) mass is 390 g/mol. The first-order valence-corrected chi connectivity index (χ1v) is 11.6. The van der Waals surface area contributed by atoms with Gasteiger partial charge in [-0.3, -0.25) is 0 Å². The molecule has 0 fully saturated rings. The Morgan fingerprint density at radius 3 is 1.26 bits per heavy atom. The molecule has 2 unspecified atom stereocenters. The van der Waals surface area contributed by atoms with E-state index in [1.165, 1.54) is 77.0 Å². The number of aliphatic hydroxyl groups is 3. The second-order valence-corrected chi connectivity index (χ2v) is 7.86. The number of unbranched alkanes of at least 4 members (excludes halogenated alkanes) is 4. The molecular weight excluding hydrogens is 340 g/mol. The molecule has 27 heavy (non-hydrogen) atoms. The summed E-state index contributed by atoms with van der Waals surface area (Å²) in [4.78, 5) is 0. The van der Waals surface area contributed by atoms with Crippen LogP contribution in [0, 0.1) is 11.8 Å².